The summed E-state index contributed by atoms with van der Waals surface area (Å²) in [5.41, 5.74) is 5.45. The standard InChI is InChI=1S/C25H32N4O/c1-6-28(7-2)25(30)24(21-14-10-8-11-15-21)27(5)18-23-19(3)26-29(20(23)4)22-16-12-9-13-17-22/h8-17,24H,6-7,18H2,1-5H3/p+1/t24-/m0/s1. The lowest BCUT2D eigenvalue weighted by atomic mass is 10.0. The molecule has 1 aromatic heterocycles. The van der Waals surface area contributed by atoms with Crippen molar-refractivity contribution in [3.63, 3.8) is 0 Å². The van der Waals surface area contributed by atoms with E-state index in [9.17, 15) is 4.79 Å². The number of para-hydroxylation sites is 1. The van der Waals surface area contributed by atoms with Gasteiger partial charge in [0.05, 0.1) is 29.7 Å². The Hall–Kier alpha value is -2.92. The Labute approximate surface area is 179 Å². The molecule has 5 heteroatoms. The Morgan fingerprint density at radius 2 is 1.57 bits per heavy atom. The molecule has 0 aliphatic rings. The Morgan fingerprint density at radius 1 is 1.00 bits per heavy atom. The number of likely N-dealkylation sites (N-methyl/N-ethyl adjacent to an activating group) is 2. The third-order valence-electron chi connectivity index (χ3n) is 5.85. The topological polar surface area (TPSA) is 42.6 Å². The van der Waals surface area contributed by atoms with Crippen LogP contribution < -0.4 is 4.90 Å². The maximum atomic E-state index is 13.4. The van der Waals surface area contributed by atoms with Gasteiger partial charge in [-0.15, -0.1) is 0 Å². The van der Waals surface area contributed by atoms with E-state index in [1.807, 2.05) is 59.8 Å². The molecule has 1 heterocycles. The van der Waals surface area contributed by atoms with Crippen LogP contribution in [0.1, 0.15) is 42.4 Å². The minimum Gasteiger partial charge on any atom is -0.338 e. The smallest absolute Gasteiger partial charge is 0.285 e. The van der Waals surface area contributed by atoms with Crippen LogP contribution in [-0.2, 0) is 11.3 Å². The molecule has 0 fully saturated rings. The van der Waals surface area contributed by atoms with Crippen LogP contribution >= 0.6 is 0 Å². The number of aryl methyl sites for hydroxylation is 1. The first-order chi connectivity index (χ1) is 14.5. The number of hydrogen-bond acceptors (Lipinski definition) is 2. The van der Waals surface area contributed by atoms with Gasteiger partial charge in [0, 0.05) is 18.7 Å². The van der Waals surface area contributed by atoms with E-state index in [0.717, 1.165) is 47.2 Å². The lowest BCUT2D eigenvalue weighted by Gasteiger charge is -2.29. The summed E-state index contributed by atoms with van der Waals surface area (Å²) in [4.78, 5) is 16.5. The molecule has 0 radical (unpaired) electrons. The zero-order chi connectivity index (χ0) is 21.7. The summed E-state index contributed by atoms with van der Waals surface area (Å²) >= 11 is 0. The Balaban J connectivity index is 1.94. The molecule has 0 aliphatic carbocycles. The predicted molar refractivity (Wildman–Crippen MR) is 121 cm³/mol. The Bertz CT molecular complexity index is 962. The quantitative estimate of drug-likeness (QED) is 0.626. The third-order valence-corrected chi connectivity index (χ3v) is 5.85. The zero-order valence-corrected chi connectivity index (χ0v) is 18.7. The SMILES string of the molecule is CCN(CC)C(=O)[C@H](c1ccccc1)[NH+](C)Cc1c(C)nn(-c2ccccc2)c1C. The summed E-state index contributed by atoms with van der Waals surface area (Å²) in [6.07, 6.45) is 0. The lowest BCUT2D eigenvalue weighted by Crippen LogP contribution is -3.09. The summed E-state index contributed by atoms with van der Waals surface area (Å²) < 4.78 is 2.00. The van der Waals surface area contributed by atoms with Gasteiger partial charge in [-0.25, -0.2) is 4.68 Å². The third kappa shape index (κ3) is 4.46. The van der Waals surface area contributed by atoms with Crippen LogP contribution in [0.2, 0.25) is 0 Å². The molecule has 1 amide bonds. The van der Waals surface area contributed by atoms with Gasteiger partial charge in [0.25, 0.3) is 5.91 Å². The van der Waals surface area contributed by atoms with E-state index in [1.165, 1.54) is 5.56 Å². The first-order valence-corrected chi connectivity index (χ1v) is 10.7. The molecular weight excluding hydrogens is 372 g/mol. The van der Waals surface area contributed by atoms with E-state index < -0.39 is 0 Å². The number of carbonyl (C=O) groups excluding carboxylic acids is 1. The summed E-state index contributed by atoms with van der Waals surface area (Å²) in [5.74, 6) is 0.175. The highest BCUT2D eigenvalue weighted by molar-refractivity contribution is 5.82. The number of amides is 1. The van der Waals surface area contributed by atoms with Crippen molar-refractivity contribution in [2.45, 2.75) is 40.3 Å². The van der Waals surface area contributed by atoms with Crippen LogP contribution in [0.25, 0.3) is 5.69 Å². The minimum atomic E-state index is -0.245. The van der Waals surface area contributed by atoms with E-state index in [1.54, 1.807) is 0 Å². The van der Waals surface area contributed by atoms with Crippen LogP contribution in [0, 0.1) is 13.8 Å². The average Bonchev–Trinajstić information content (AvgIpc) is 3.04. The fraction of sp³-hybridized carbons (Fsp3) is 0.360. The summed E-state index contributed by atoms with van der Waals surface area (Å²) in [6, 6.07) is 20.1. The second-order valence-electron chi connectivity index (χ2n) is 7.77. The Kier molecular flexibility index (Phi) is 7.06. The number of rotatable bonds is 8. The first-order valence-electron chi connectivity index (χ1n) is 10.7. The Morgan fingerprint density at radius 3 is 2.13 bits per heavy atom. The first kappa shape index (κ1) is 21.8. The number of carbonyl (C=O) groups is 1. The predicted octanol–water partition coefficient (Wildman–Crippen LogP) is 3.11. The monoisotopic (exact) mass is 405 g/mol. The molecule has 3 rings (SSSR count). The molecule has 3 aromatic rings. The maximum absolute atomic E-state index is 13.4. The fourth-order valence-corrected chi connectivity index (χ4v) is 4.13. The van der Waals surface area contributed by atoms with Crippen LogP contribution in [0.5, 0.6) is 0 Å². The van der Waals surface area contributed by atoms with Gasteiger partial charge >= 0.3 is 0 Å². The number of nitrogens with one attached hydrogen (secondary N) is 1. The highest BCUT2D eigenvalue weighted by Gasteiger charge is 2.33. The van der Waals surface area contributed by atoms with Gasteiger partial charge in [0.15, 0.2) is 6.04 Å². The molecule has 1 N–H and O–H groups in total. The lowest BCUT2D eigenvalue weighted by molar-refractivity contribution is -0.916. The van der Waals surface area contributed by atoms with Crippen LogP contribution in [0.4, 0.5) is 0 Å². The molecule has 2 atom stereocenters. The van der Waals surface area contributed by atoms with Crippen molar-refractivity contribution in [2.75, 3.05) is 20.1 Å². The summed E-state index contributed by atoms with van der Waals surface area (Å²) in [5, 5.41) is 4.79. The van der Waals surface area contributed by atoms with Crippen molar-refractivity contribution in [3.05, 3.63) is 83.2 Å². The maximum Gasteiger partial charge on any atom is 0.285 e. The fourth-order valence-electron chi connectivity index (χ4n) is 4.13. The number of hydrogen-bond donors (Lipinski definition) is 1. The number of nitrogens with zero attached hydrogens (tertiary/aromatic N) is 3. The average molecular weight is 406 g/mol. The summed E-state index contributed by atoms with van der Waals surface area (Å²) in [7, 11) is 2.11. The van der Waals surface area contributed by atoms with Crippen LogP contribution in [0.3, 0.4) is 0 Å². The largest absolute Gasteiger partial charge is 0.338 e. The molecule has 5 nitrogen and oxygen atoms in total. The molecule has 0 aliphatic heterocycles. The number of quaternary nitrogens is 1. The van der Waals surface area contributed by atoms with Crippen molar-refractivity contribution in [3.8, 4) is 5.69 Å². The normalized spacial score (nSPS) is 13.1. The van der Waals surface area contributed by atoms with E-state index in [0.29, 0.717) is 0 Å². The highest BCUT2D eigenvalue weighted by Crippen LogP contribution is 2.19. The van der Waals surface area contributed by atoms with Gasteiger partial charge < -0.3 is 9.80 Å². The molecule has 0 bridgehead atoms. The molecule has 30 heavy (non-hydrogen) atoms. The van der Waals surface area contributed by atoms with Crippen molar-refractivity contribution in [2.24, 2.45) is 0 Å². The van der Waals surface area contributed by atoms with Crippen molar-refractivity contribution in [1.29, 1.82) is 0 Å². The molecular formula is C25H33N4O+. The van der Waals surface area contributed by atoms with Crippen LogP contribution in [0.15, 0.2) is 60.7 Å². The van der Waals surface area contributed by atoms with Crippen molar-refractivity contribution >= 4 is 5.91 Å². The van der Waals surface area contributed by atoms with E-state index in [2.05, 4.69) is 45.2 Å². The van der Waals surface area contributed by atoms with Gasteiger partial charge in [-0.05, 0) is 39.8 Å². The highest BCUT2D eigenvalue weighted by atomic mass is 16.2. The van der Waals surface area contributed by atoms with Gasteiger partial charge in [0.1, 0.15) is 6.54 Å². The van der Waals surface area contributed by atoms with E-state index in [4.69, 9.17) is 5.10 Å². The molecule has 0 spiro atoms. The second-order valence-corrected chi connectivity index (χ2v) is 7.77. The van der Waals surface area contributed by atoms with Crippen LogP contribution in [-0.4, -0.2) is 40.7 Å². The zero-order valence-electron chi connectivity index (χ0n) is 18.7. The summed E-state index contributed by atoms with van der Waals surface area (Å²) in [6.45, 7) is 10.4. The van der Waals surface area contributed by atoms with Gasteiger partial charge in [-0.2, -0.15) is 5.10 Å². The molecule has 2 aromatic carbocycles. The second kappa shape index (κ2) is 9.72. The molecule has 0 saturated carbocycles. The number of benzene rings is 2. The van der Waals surface area contributed by atoms with Crippen molar-refractivity contribution < 1.29 is 9.69 Å². The van der Waals surface area contributed by atoms with Crippen molar-refractivity contribution in [1.82, 2.24) is 14.7 Å². The van der Waals surface area contributed by atoms with E-state index in [-0.39, 0.29) is 11.9 Å². The molecule has 1 unspecified atom stereocenters. The molecule has 158 valence electrons. The van der Waals surface area contributed by atoms with E-state index >= 15 is 0 Å². The van der Waals surface area contributed by atoms with Gasteiger partial charge in [-0.3, -0.25) is 4.79 Å². The molecule has 0 saturated heterocycles. The number of aromatic nitrogens is 2. The minimum absolute atomic E-state index is 0.175. The van der Waals surface area contributed by atoms with Gasteiger partial charge in [-0.1, -0.05) is 48.5 Å². The van der Waals surface area contributed by atoms with Gasteiger partial charge in [0.2, 0.25) is 0 Å².